The number of H-pyrrole nitrogens is 1. The molecule has 0 unspecified atom stereocenters. The molecule has 19 heavy (non-hydrogen) atoms. The van der Waals surface area contributed by atoms with Gasteiger partial charge in [0.1, 0.15) is 0 Å². The van der Waals surface area contributed by atoms with Gasteiger partial charge >= 0.3 is 0 Å². The van der Waals surface area contributed by atoms with Crippen LogP contribution >= 0.6 is 39.3 Å². The van der Waals surface area contributed by atoms with Crippen LogP contribution in [0.15, 0.2) is 44.5 Å². The third-order valence-corrected chi connectivity index (χ3v) is 4.80. The van der Waals surface area contributed by atoms with Gasteiger partial charge in [-0.1, -0.05) is 27.5 Å². The molecule has 0 atom stereocenters. The van der Waals surface area contributed by atoms with E-state index in [1.807, 2.05) is 24.5 Å². The van der Waals surface area contributed by atoms with Crippen LogP contribution in [0.5, 0.6) is 0 Å². The highest BCUT2D eigenvalue weighted by atomic mass is 79.9. The molecule has 0 amide bonds. The molecule has 3 aromatic rings. The number of pyridine rings is 1. The molecule has 96 valence electrons. The highest BCUT2D eigenvalue weighted by Crippen LogP contribution is 2.32. The van der Waals surface area contributed by atoms with E-state index < -0.39 is 0 Å². The summed E-state index contributed by atoms with van der Waals surface area (Å²) >= 11 is 11.1. The maximum Gasteiger partial charge on any atom is 0.197 e. The van der Waals surface area contributed by atoms with E-state index >= 15 is 0 Å². The SMILES string of the molecule is CSc1c(Cl)ccc2c(=O)c3ccc(Br)cc3[nH]c12. The van der Waals surface area contributed by atoms with Crippen molar-refractivity contribution in [3.05, 3.63) is 50.1 Å². The number of fused-ring (bicyclic) bond motifs is 2. The Morgan fingerprint density at radius 3 is 2.68 bits per heavy atom. The highest BCUT2D eigenvalue weighted by Gasteiger charge is 2.11. The van der Waals surface area contributed by atoms with E-state index in [-0.39, 0.29) is 5.43 Å². The molecule has 1 heterocycles. The molecule has 3 rings (SSSR count). The van der Waals surface area contributed by atoms with Crippen LogP contribution in [-0.2, 0) is 0 Å². The summed E-state index contributed by atoms with van der Waals surface area (Å²) in [5.41, 5.74) is 1.64. The van der Waals surface area contributed by atoms with E-state index in [0.29, 0.717) is 15.8 Å². The number of aromatic nitrogens is 1. The lowest BCUT2D eigenvalue weighted by Crippen LogP contribution is -2.04. The van der Waals surface area contributed by atoms with E-state index in [2.05, 4.69) is 20.9 Å². The van der Waals surface area contributed by atoms with Gasteiger partial charge in [0.25, 0.3) is 0 Å². The van der Waals surface area contributed by atoms with Crippen LogP contribution in [0.25, 0.3) is 21.8 Å². The van der Waals surface area contributed by atoms with Crippen LogP contribution < -0.4 is 5.43 Å². The standard InChI is InChI=1S/C14H9BrClNOS/c1-19-14-10(16)5-4-9-12(14)17-11-6-7(15)2-3-8(11)13(9)18/h2-6H,1H3,(H,17,18). The summed E-state index contributed by atoms with van der Waals surface area (Å²) < 4.78 is 0.933. The van der Waals surface area contributed by atoms with E-state index in [1.165, 1.54) is 11.8 Å². The van der Waals surface area contributed by atoms with Crippen LogP contribution in [0, 0.1) is 0 Å². The largest absolute Gasteiger partial charge is 0.353 e. The Balaban J connectivity index is 2.57. The third kappa shape index (κ3) is 2.08. The second kappa shape index (κ2) is 4.85. The van der Waals surface area contributed by atoms with Crippen molar-refractivity contribution in [2.24, 2.45) is 0 Å². The minimum Gasteiger partial charge on any atom is -0.353 e. The molecular formula is C14H9BrClNOS. The Kier molecular flexibility index (Phi) is 3.33. The summed E-state index contributed by atoms with van der Waals surface area (Å²) in [4.78, 5) is 16.7. The van der Waals surface area contributed by atoms with Crippen molar-refractivity contribution < 1.29 is 0 Å². The lowest BCUT2D eigenvalue weighted by atomic mass is 10.1. The van der Waals surface area contributed by atoms with Gasteiger partial charge in [0.2, 0.25) is 0 Å². The first-order chi connectivity index (χ1) is 9.11. The Bertz CT molecular complexity index is 859. The lowest BCUT2D eigenvalue weighted by molar-refractivity contribution is 1.40. The smallest absolute Gasteiger partial charge is 0.197 e. The number of halogens is 2. The molecule has 0 aliphatic rings. The van der Waals surface area contributed by atoms with Gasteiger partial charge in [-0.2, -0.15) is 0 Å². The van der Waals surface area contributed by atoms with Crippen LogP contribution in [0.4, 0.5) is 0 Å². The molecule has 0 radical (unpaired) electrons. The average Bonchev–Trinajstić information content (AvgIpc) is 2.38. The summed E-state index contributed by atoms with van der Waals surface area (Å²) in [6, 6.07) is 9.15. The van der Waals surface area contributed by atoms with Crippen LogP contribution in [0.1, 0.15) is 0 Å². The zero-order chi connectivity index (χ0) is 13.6. The number of aromatic amines is 1. The van der Waals surface area contributed by atoms with Gasteiger partial charge in [-0.15, -0.1) is 11.8 Å². The first kappa shape index (κ1) is 13.0. The van der Waals surface area contributed by atoms with Crippen molar-refractivity contribution >= 4 is 61.1 Å². The van der Waals surface area contributed by atoms with Gasteiger partial charge in [-0.25, -0.2) is 0 Å². The van der Waals surface area contributed by atoms with E-state index in [1.54, 1.807) is 12.1 Å². The van der Waals surface area contributed by atoms with Crippen molar-refractivity contribution in [3.8, 4) is 0 Å². The van der Waals surface area contributed by atoms with Crippen molar-refractivity contribution in [1.82, 2.24) is 4.98 Å². The van der Waals surface area contributed by atoms with Gasteiger partial charge in [-0.3, -0.25) is 4.79 Å². The average molecular weight is 355 g/mol. The number of benzene rings is 2. The predicted octanol–water partition coefficient (Wildman–Crippen LogP) is 4.82. The number of hydrogen-bond acceptors (Lipinski definition) is 2. The fourth-order valence-corrected chi connectivity index (χ4v) is 3.55. The van der Waals surface area contributed by atoms with E-state index in [4.69, 9.17) is 11.6 Å². The minimum absolute atomic E-state index is 0.0308. The third-order valence-electron chi connectivity index (χ3n) is 3.04. The summed E-state index contributed by atoms with van der Waals surface area (Å²) in [6.07, 6.45) is 1.95. The minimum atomic E-state index is 0.0308. The normalized spacial score (nSPS) is 11.3. The van der Waals surface area contributed by atoms with Crippen molar-refractivity contribution in [1.29, 1.82) is 0 Å². The van der Waals surface area contributed by atoms with Gasteiger partial charge in [0.05, 0.1) is 16.1 Å². The molecule has 1 N–H and O–H groups in total. The summed E-state index contributed by atoms with van der Waals surface area (Å²) in [5.74, 6) is 0. The summed E-state index contributed by atoms with van der Waals surface area (Å²) in [5, 5.41) is 2.01. The topological polar surface area (TPSA) is 32.9 Å². The van der Waals surface area contributed by atoms with Crippen molar-refractivity contribution in [3.63, 3.8) is 0 Å². The number of hydrogen-bond donors (Lipinski definition) is 1. The van der Waals surface area contributed by atoms with E-state index in [9.17, 15) is 4.79 Å². The zero-order valence-corrected chi connectivity index (χ0v) is 13.1. The van der Waals surface area contributed by atoms with Gasteiger partial charge in [-0.05, 0) is 36.6 Å². The van der Waals surface area contributed by atoms with E-state index in [0.717, 1.165) is 20.4 Å². The van der Waals surface area contributed by atoms with Gasteiger partial charge in [0.15, 0.2) is 5.43 Å². The Labute approximate surface area is 127 Å². The maximum atomic E-state index is 12.5. The molecule has 0 aliphatic carbocycles. The quantitative estimate of drug-likeness (QED) is 0.502. The summed E-state index contributed by atoms with van der Waals surface area (Å²) in [6.45, 7) is 0. The summed E-state index contributed by atoms with van der Waals surface area (Å²) in [7, 11) is 0. The second-order valence-electron chi connectivity index (χ2n) is 4.15. The molecular weight excluding hydrogens is 346 g/mol. The van der Waals surface area contributed by atoms with Crippen molar-refractivity contribution in [2.45, 2.75) is 4.90 Å². The number of nitrogens with one attached hydrogen (secondary N) is 1. The van der Waals surface area contributed by atoms with Gasteiger partial charge < -0.3 is 4.98 Å². The molecule has 2 nitrogen and oxygen atoms in total. The fraction of sp³-hybridized carbons (Fsp3) is 0.0714. The molecule has 0 saturated carbocycles. The number of thioether (sulfide) groups is 1. The number of rotatable bonds is 1. The van der Waals surface area contributed by atoms with Gasteiger partial charge in [0, 0.05) is 20.1 Å². The first-order valence-corrected chi connectivity index (χ1v) is 7.99. The lowest BCUT2D eigenvalue weighted by Gasteiger charge is -2.08. The molecule has 0 fully saturated rings. The molecule has 0 spiro atoms. The monoisotopic (exact) mass is 353 g/mol. The Morgan fingerprint density at radius 1 is 1.21 bits per heavy atom. The Hall–Kier alpha value is -0.970. The molecule has 5 heteroatoms. The van der Waals surface area contributed by atoms with Crippen LogP contribution in [-0.4, -0.2) is 11.2 Å². The molecule has 1 aromatic heterocycles. The first-order valence-electron chi connectivity index (χ1n) is 5.59. The molecule has 2 aromatic carbocycles. The predicted molar refractivity (Wildman–Crippen MR) is 86.6 cm³/mol. The fourth-order valence-electron chi connectivity index (χ4n) is 2.17. The molecule has 0 aliphatic heterocycles. The maximum absolute atomic E-state index is 12.5. The van der Waals surface area contributed by atoms with Crippen LogP contribution in [0.2, 0.25) is 5.02 Å². The molecule has 0 bridgehead atoms. The Morgan fingerprint density at radius 2 is 1.95 bits per heavy atom. The molecule has 0 saturated heterocycles. The second-order valence-corrected chi connectivity index (χ2v) is 6.29. The zero-order valence-electron chi connectivity index (χ0n) is 9.96. The van der Waals surface area contributed by atoms with Crippen molar-refractivity contribution in [2.75, 3.05) is 6.26 Å². The highest BCUT2D eigenvalue weighted by molar-refractivity contribution is 9.10. The van der Waals surface area contributed by atoms with Crippen LogP contribution in [0.3, 0.4) is 0 Å².